The molecule has 1 fully saturated rings. The third kappa shape index (κ3) is 2.38. The zero-order valence-electron chi connectivity index (χ0n) is 9.81. The van der Waals surface area contributed by atoms with Crippen LogP contribution in [0.15, 0.2) is 6.07 Å². The fourth-order valence-corrected chi connectivity index (χ4v) is 2.08. The Morgan fingerprint density at radius 1 is 1.25 bits per heavy atom. The summed E-state index contributed by atoms with van der Waals surface area (Å²) in [7, 11) is 0. The number of hydrogen-bond acceptors (Lipinski definition) is 4. The summed E-state index contributed by atoms with van der Waals surface area (Å²) in [5.74, 6) is 1.03. The second-order valence-corrected chi connectivity index (χ2v) is 4.41. The highest BCUT2D eigenvalue weighted by molar-refractivity contribution is 5.54. The molecule has 4 heteroatoms. The SMILES string of the molecule is Cc1cc(C)nc(N2CCC(C=O)CC2)n1. The van der Waals surface area contributed by atoms with Crippen LogP contribution in [0.5, 0.6) is 0 Å². The van der Waals surface area contributed by atoms with Crippen LogP contribution >= 0.6 is 0 Å². The highest BCUT2D eigenvalue weighted by Crippen LogP contribution is 2.19. The van der Waals surface area contributed by atoms with E-state index in [0.29, 0.717) is 0 Å². The number of anilines is 1. The number of aryl methyl sites for hydroxylation is 2. The van der Waals surface area contributed by atoms with Crippen LogP contribution in [0, 0.1) is 19.8 Å². The van der Waals surface area contributed by atoms with Crippen molar-refractivity contribution in [3.8, 4) is 0 Å². The van der Waals surface area contributed by atoms with Crippen LogP contribution in [-0.4, -0.2) is 29.3 Å². The van der Waals surface area contributed by atoms with Crippen molar-refractivity contribution in [2.45, 2.75) is 26.7 Å². The first-order valence-corrected chi connectivity index (χ1v) is 5.71. The number of carbonyl (C=O) groups excluding carboxylic acids is 1. The second kappa shape index (κ2) is 4.60. The quantitative estimate of drug-likeness (QED) is 0.707. The molecule has 0 aliphatic carbocycles. The molecule has 1 aliphatic rings. The number of aromatic nitrogens is 2. The Balaban J connectivity index is 2.10. The van der Waals surface area contributed by atoms with E-state index in [4.69, 9.17) is 0 Å². The third-order valence-electron chi connectivity index (χ3n) is 2.99. The van der Waals surface area contributed by atoms with E-state index in [1.807, 2.05) is 19.9 Å². The molecular weight excluding hydrogens is 202 g/mol. The minimum absolute atomic E-state index is 0.224. The van der Waals surface area contributed by atoms with Crippen LogP contribution in [0.3, 0.4) is 0 Å². The summed E-state index contributed by atoms with van der Waals surface area (Å²) in [6.07, 6.45) is 2.90. The zero-order chi connectivity index (χ0) is 11.5. The van der Waals surface area contributed by atoms with Crippen molar-refractivity contribution < 1.29 is 4.79 Å². The van der Waals surface area contributed by atoms with Gasteiger partial charge in [-0.05, 0) is 32.8 Å². The van der Waals surface area contributed by atoms with E-state index in [9.17, 15) is 4.79 Å². The Labute approximate surface area is 95.7 Å². The van der Waals surface area contributed by atoms with Gasteiger partial charge in [0.25, 0.3) is 0 Å². The average Bonchev–Trinajstić information content (AvgIpc) is 2.28. The normalized spacial score (nSPS) is 17.5. The number of aldehydes is 1. The maximum Gasteiger partial charge on any atom is 0.225 e. The summed E-state index contributed by atoms with van der Waals surface area (Å²) < 4.78 is 0. The minimum Gasteiger partial charge on any atom is -0.341 e. The van der Waals surface area contributed by atoms with E-state index >= 15 is 0 Å². The molecule has 1 saturated heterocycles. The molecule has 0 unspecified atom stereocenters. The van der Waals surface area contributed by atoms with Gasteiger partial charge in [-0.2, -0.15) is 0 Å². The highest BCUT2D eigenvalue weighted by Gasteiger charge is 2.20. The number of rotatable bonds is 2. The molecule has 0 saturated carbocycles. The molecule has 86 valence electrons. The molecule has 0 amide bonds. The van der Waals surface area contributed by atoms with Crippen molar-refractivity contribution in [2.24, 2.45) is 5.92 Å². The molecular formula is C12H17N3O. The molecule has 4 nitrogen and oxygen atoms in total. The van der Waals surface area contributed by atoms with Crippen LogP contribution in [-0.2, 0) is 4.79 Å². The third-order valence-corrected chi connectivity index (χ3v) is 2.99. The largest absolute Gasteiger partial charge is 0.341 e. The summed E-state index contributed by atoms with van der Waals surface area (Å²) in [4.78, 5) is 21.7. The lowest BCUT2D eigenvalue weighted by Crippen LogP contribution is -2.35. The lowest BCUT2D eigenvalue weighted by molar-refractivity contribution is -0.111. The Morgan fingerprint density at radius 2 is 1.81 bits per heavy atom. The number of nitrogens with zero attached hydrogens (tertiary/aromatic N) is 3. The van der Waals surface area contributed by atoms with Gasteiger partial charge in [0.2, 0.25) is 5.95 Å². The van der Waals surface area contributed by atoms with Crippen molar-refractivity contribution in [1.29, 1.82) is 0 Å². The molecule has 16 heavy (non-hydrogen) atoms. The lowest BCUT2D eigenvalue weighted by atomic mass is 9.99. The topological polar surface area (TPSA) is 46.1 Å². The van der Waals surface area contributed by atoms with E-state index < -0.39 is 0 Å². The fraction of sp³-hybridized carbons (Fsp3) is 0.583. The number of carbonyl (C=O) groups is 1. The standard InChI is InChI=1S/C12H17N3O/c1-9-7-10(2)14-12(13-9)15-5-3-11(8-16)4-6-15/h7-8,11H,3-6H2,1-2H3. The van der Waals surface area contributed by atoms with Crippen LogP contribution in [0.1, 0.15) is 24.2 Å². The summed E-state index contributed by atoms with van der Waals surface area (Å²) in [6, 6.07) is 1.97. The van der Waals surface area contributed by atoms with Crippen LogP contribution in [0.25, 0.3) is 0 Å². The van der Waals surface area contributed by atoms with Gasteiger partial charge in [-0.15, -0.1) is 0 Å². The molecule has 1 aromatic rings. The van der Waals surface area contributed by atoms with Crippen molar-refractivity contribution in [1.82, 2.24) is 9.97 Å². The molecule has 0 spiro atoms. The summed E-state index contributed by atoms with van der Waals surface area (Å²) >= 11 is 0. The molecule has 0 N–H and O–H groups in total. The van der Waals surface area contributed by atoms with E-state index in [1.165, 1.54) is 0 Å². The fourth-order valence-electron chi connectivity index (χ4n) is 2.08. The van der Waals surface area contributed by atoms with Gasteiger partial charge in [-0.25, -0.2) is 9.97 Å². The highest BCUT2D eigenvalue weighted by atomic mass is 16.1. The van der Waals surface area contributed by atoms with Gasteiger partial charge in [0, 0.05) is 30.4 Å². The van der Waals surface area contributed by atoms with Gasteiger partial charge < -0.3 is 9.69 Å². The van der Waals surface area contributed by atoms with E-state index in [2.05, 4.69) is 14.9 Å². The van der Waals surface area contributed by atoms with Crippen LogP contribution in [0.4, 0.5) is 5.95 Å². The van der Waals surface area contributed by atoms with Gasteiger partial charge in [-0.3, -0.25) is 0 Å². The maximum absolute atomic E-state index is 10.7. The van der Waals surface area contributed by atoms with Gasteiger partial charge in [0.1, 0.15) is 6.29 Å². The first-order chi connectivity index (χ1) is 7.69. The predicted octanol–water partition coefficient (Wildman–Crippen LogP) is 1.51. The molecule has 2 rings (SSSR count). The molecule has 2 heterocycles. The van der Waals surface area contributed by atoms with E-state index in [-0.39, 0.29) is 5.92 Å². The Kier molecular flexibility index (Phi) is 3.17. The van der Waals surface area contributed by atoms with Gasteiger partial charge in [0.15, 0.2) is 0 Å². The Bertz CT molecular complexity index is 364. The van der Waals surface area contributed by atoms with Crippen molar-refractivity contribution >= 4 is 12.2 Å². The number of piperidine rings is 1. The first-order valence-electron chi connectivity index (χ1n) is 5.71. The van der Waals surface area contributed by atoms with Crippen LogP contribution < -0.4 is 4.90 Å². The Hall–Kier alpha value is -1.45. The van der Waals surface area contributed by atoms with Gasteiger partial charge >= 0.3 is 0 Å². The molecule has 0 bridgehead atoms. The molecule has 1 aliphatic heterocycles. The zero-order valence-corrected chi connectivity index (χ0v) is 9.81. The lowest BCUT2D eigenvalue weighted by Gasteiger charge is -2.29. The number of hydrogen-bond donors (Lipinski definition) is 0. The summed E-state index contributed by atoms with van der Waals surface area (Å²) in [6.45, 7) is 5.73. The minimum atomic E-state index is 0.224. The smallest absolute Gasteiger partial charge is 0.225 e. The van der Waals surface area contributed by atoms with E-state index in [0.717, 1.165) is 49.6 Å². The van der Waals surface area contributed by atoms with Gasteiger partial charge in [0.05, 0.1) is 0 Å². The van der Waals surface area contributed by atoms with Crippen molar-refractivity contribution in [3.63, 3.8) is 0 Å². The average molecular weight is 219 g/mol. The summed E-state index contributed by atoms with van der Waals surface area (Å²) in [5.41, 5.74) is 2.00. The monoisotopic (exact) mass is 219 g/mol. The van der Waals surface area contributed by atoms with E-state index in [1.54, 1.807) is 0 Å². The molecule has 1 aromatic heterocycles. The first kappa shape index (κ1) is 11.0. The van der Waals surface area contributed by atoms with Crippen molar-refractivity contribution in [3.05, 3.63) is 17.5 Å². The molecule has 0 atom stereocenters. The van der Waals surface area contributed by atoms with Gasteiger partial charge in [-0.1, -0.05) is 0 Å². The maximum atomic E-state index is 10.7. The van der Waals surface area contributed by atoms with Crippen LogP contribution in [0.2, 0.25) is 0 Å². The molecule has 0 radical (unpaired) electrons. The Morgan fingerprint density at radius 3 is 2.31 bits per heavy atom. The second-order valence-electron chi connectivity index (χ2n) is 4.41. The van der Waals surface area contributed by atoms with Crippen molar-refractivity contribution in [2.75, 3.05) is 18.0 Å². The molecule has 0 aromatic carbocycles. The summed E-state index contributed by atoms with van der Waals surface area (Å²) in [5, 5.41) is 0. The predicted molar refractivity (Wildman–Crippen MR) is 62.5 cm³/mol.